The summed E-state index contributed by atoms with van der Waals surface area (Å²) in [5, 5.41) is 22.8. The Morgan fingerprint density at radius 3 is 2.62 bits per heavy atom. The molecule has 6 heteroatoms. The van der Waals surface area contributed by atoms with Crippen LogP contribution in [0, 0.1) is 28.6 Å². The first-order valence-corrected chi connectivity index (χ1v) is 10.8. The second-order valence-electron chi connectivity index (χ2n) is 10.2. The van der Waals surface area contributed by atoms with Crippen LogP contribution in [-0.4, -0.2) is 46.1 Å². The van der Waals surface area contributed by atoms with Crippen LogP contribution < -0.4 is 0 Å². The van der Waals surface area contributed by atoms with Crippen LogP contribution in [0.2, 0.25) is 0 Å². The number of aliphatic hydroxyl groups excluding tert-OH is 1. The molecule has 0 aromatic heterocycles. The minimum atomic E-state index is -1.58. The molecule has 0 heterocycles. The van der Waals surface area contributed by atoms with Crippen LogP contribution in [0.25, 0.3) is 0 Å². The number of carbonyl (C=O) groups excluding carboxylic acids is 3. The van der Waals surface area contributed by atoms with E-state index in [4.69, 9.17) is 4.74 Å². The van der Waals surface area contributed by atoms with Crippen molar-refractivity contribution in [2.24, 2.45) is 28.6 Å². The zero-order valence-electron chi connectivity index (χ0n) is 17.6. The molecule has 0 aliphatic heterocycles. The van der Waals surface area contributed by atoms with Gasteiger partial charge in [-0.15, -0.1) is 0 Å². The molecule has 4 aliphatic carbocycles. The van der Waals surface area contributed by atoms with Gasteiger partial charge in [-0.3, -0.25) is 14.4 Å². The molecule has 0 bridgehead atoms. The van der Waals surface area contributed by atoms with E-state index in [1.165, 1.54) is 6.92 Å². The third-order valence-electron chi connectivity index (χ3n) is 8.92. The van der Waals surface area contributed by atoms with Crippen LogP contribution in [0.3, 0.4) is 0 Å². The van der Waals surface area contributed by atoms with E-state index >= 15 is 0 Å². The van der Waals surface area contributed by atoms with Crippen molar-refractivity contribution in [3.05, 3.63) is 11.6 Å². The maximum atomic E-state index is 12.9. The zero-order valence-corrected chi connectivity index (χ0v) is 17.6. The fourth-order valence-electron chi connectivity index (χ4n) is 7.44. The Labute approximate surface area is 171 Å². The molecular weight excluding hydrogens is 372 g/mol. The highest BCUT2D eigenvalue weighted by molar-refractivity contribution is 5.92. The van der Waals surface area contributed by atoms with Crippen LogP contribution in [0.5, 0.6) is 0 Å². The quantitative estimate of drug-likeness (QED) is 0.701. The summed E-state index contributed by atoms with van der Waals surface area (Å²) in [5.74, 6) is -0.462. The number of ketones is 2. The lowest BCUT2D eigenvalue weighted by Gasteiger charge is -2.60. The number of allylic oxidation sites excluding steroid dienone is 1. The van der Waals surface area contributed by atoms with Gasteiger partial charge in [-0.05, 0) is 67.8 Å². The van der Waals surface area contributed by atoms with Crippen molar-refractivity contribution in [1.29, 1.82) is 0 Å². The highest BCUT2D eigenvalue weighted by Gasteiger charge is 2.68. The number of esters is 1. The van der Waals surface area contributed by atoms with Gasteiger partial charge in [-0.2, -0.15) is 0 Å². The average molecular weight is 405 g/mol. The van der Waals surface area contributed by atoms with Crippen molar-refractivity contribution in [2.45, 2.75) is 77.4 Å². The van der Waals surface area contributed by atoms with Gasteiger partial charge < -0.3 is 14.9 Å². The number of aliphatic hydroxyl groups is 2. The molecule has 29 heavy (non-hydrogen) atoms. The van der Waals surface area contributed by atoms with Gasteiger partial charge >= 0.3 is 5.97 Å². The maximum absolute atomic E-state index is 12.9. The number of carbonyl (C=O) groups is 3. The normalized spacial score (nSPS) is 46.2. The van der Waals surface area contributed by atoms with E-state index in [2.05, 4.69) is 6.92 Å². The van der Waals surface area contributed by atoms with Crippen molar-refractivity contribution in [3.63, 3.8) is 0 Å². The summed E-state index contributed by atoms with van der Waals surface area (Å²) in [6, 6.07) is 0. The number of hydrogen-bond acceptors (Lipinski definition) is 6. The van der Waals surface area contributed by atoms with E-state index in [0.717, 1.165) is 31.3 Å². The molecule has 0 aromatic carbocycles. The molecule has 3 fully saturated rings. The molecule has 0 unspecified atom stereocenters. The number of Topliss-reactive ketones (excluding diaryl/α,β-unsaturated/α-hetero) is 1. The number of rotatable bonds is 3. The Morgan fingerprint density at radius 2 is 1.93 bits per heavy atom. The summed E-state index contributed by atoms with van der Waals surface area (Å²) in [6.07, 6.45) is 5.54. The van der Waals surface area contributed by atoms with Crippen molar-refractivity contribution in [3.8, 4) is 0 Å². The van der Waals surface area contributed by atoms with E-state index < -0.39 is 35.5 Å². The Morgan fingerprint density at radius 1 is 1.21 bits per heavy atom. The number of hydrogen-bond donors (Lipinski definition) is 2. The maximum Gasteiger partial charge on any atom is 0.303 e. The van der Waals surface area contributed by atoms with Gasteiger partial charge in [0.05, 0.1) is 6.10 Å². The summed E-state index contributed by atoms with van der Waals surface area (Å²) < 4.78 is 4.89. The van der Waals surface area contributed by atoms with Gasteiger partial charge in [0, 0.05) is 18.8 Å². The van der Waals surface area contributed by atoms with Crippen LogP contribution in [0.4, 0.5) is 0 Å². The second kappa shape index (κ2) is 6.74. The minimum absolute atomic E-state index is 0.0413. The summed E-state index contributed by atoms with van der Waals surface area (Å²) >= 11 is 0. The molecule has 3 saturated carbocycles. The van der Waals surface area contributed by atoms with Crippen LogP contribution in [-0.2, 0) is 19.1 Å². The Kier molecular flexibility index (Phi) is 4.82. The second-order valence-corrected chi connectivity index (χ2v) is 10.2. The first-order chi connectivity index (χ1) is 13.5. The highest BCUT2D eigenvalue weighted by Crippen LogP contribution is 2.67. The van der Waals surface area contributed by atoms with Gasteiger partial charge in [-0.25, -0.2) is 0 Å². The monoisotopic (exact) mass is 404 g/mol. The van der Waals surface area contributed by atoms with Crippen molar-refractivity contribution < 1.29 is 29.3 Å². The van der Waals surface area contributed by atoms with Crippen LogP contribution in [0.1, 0.15) is 65.7 Å². The predicted molar refractivity (Wildman–Crippen MR) is 105 cm³/mol. The van der Waals surface area contributed by atoms with Gasteiger partial charge in [-0.1, -0.05) is 19.4 Å². The van der Waals surface area contributed by atoms with Crippen molar-refractivity contribution in [1.82, 2.24) is 0 Å². The topological polar surface area (TPSA) is 101 Å². The van der Waals surface area contributed by atoms with Crippen LogP contribution in [0.15, 0.2) is 11.6 Å². The van der Waals surface area contributed by atoms with Gasteiger partial charge in [0.2, 0.25) is 5.78 Å². The smallest absolute Gasteiger partial charge is 0.303 e. The lowest BCUT2D eigenvalue weighted by molar-refractivity contribution is -0.184. The van der Waals surface area contributed by atoms with Gasteiger partial charge in [0.25, 0.3) is 0 Å². The molecule has 0 saturated heterocycles. The third-order valence-corrected chi connectivity index (χ3v) is 8.92. The zero-order chi connectivity index (χ0) is 21.2. The molecule has 0 radical (unpaired) electrons. The molecule has 4 rings (SSSR count). The fraction of sp³-hybridized carbons (Fsp3) is 0.783. The molecule has 0 aromatic rings. The molecule has 160 valence electrons. The minimum Gasteiger partial charge on any atom is -0.458 e. The summed E-state index contributed by atoms with van der Waals surface area (Å²) in [6.45, 7) is 4.92. The summed E-state index contributed by atoms with van der Waals surface area (Å²) in [7, 11) is 0. The summed E-state index contributed by atoms with van der Waals surface area (Å²) in [5.41, 5.74) is -1.36. The molecule has 6 nitrogen and oxygen atoms in total. The average Bonchev–Trinajstić information content (AvgIpc) is 2.91. The Hall–Kier alpha value is -1.53. The van der Waals surface area contributed by atoms with E-state index in [-0.39, 0.29) is 29.0 Å². The molecule has 0 amide bonds. The van der Waals surface area contributed by atoms with E-state index in [9.17, 15) is 24.6 Å². The first kappa shape index (κ1) is 20.7. The SMILES string of the molecule is CC(=O)OCC(=O)[C@@]1(O)CC[C@H]2[C@@H]3CCC4=CC(=O)CC[C@@]4(C)[C@@H]3[C@H](O)C[C@@]21C. The molecule has 2 N–H and O–H groups in total. The predicted octanol–water partition coefficient (Wildman–Crippen LogP) is 2.35. The fourth-order valence-corrected chi connectivity index (χ4v) is 7.44. The molecule has 7 atom stereocenters. The largest absolute Gasteiger partial charge is 0.458 e. The Balaban J connectivity index is 1.65. The molecular formula is C23H32O6. The lowest BCUT2D eigenvalue weighted by Crippen LogP contribution is -2.62. The molecule has 0 spiro atoms. The van der Waals surface area contributed by atoms with Gasteiger partial charge in [0.15, 0.2) is 12.4 Å². The first-order valence-electron chi connectivity index (χ1n) is 10.8. The Bertz CT molecular complexity index is 786. The number of ether oxygens (including phenoxy) is 1. The van der Waals surface area contributed by atoms with Crippen LogP contribution >= 0.6 is 0 Å². The summed E-state index contributed by atoms with van der Waals surface area (Å²) in [4.78, 5) is 36.0. The molecule has 4 aliphatic rings. The van der Waals surface area contributed by atoms with Gasteiger partial charge in [0.1, 0.15) is 5.60 Å². The van der Waals surface area contributed by atoms with Crippen molar-refractivity contribution >= 4 is 17.5 Å². The van der Waals surface area contributed by atoms with E-state index in [1.54, 1.807) is 6.08 Å². The lowest BCUT2D eigenvalue weighted by atomic mass is 9.45. The number of fused-ring (bicyclic) bond motifs is 5. The standard InChI is InChI=1S/C23H32O6/c1-13(24)29-12-19(27)23(28)9-7-17-16-5-4-14-10-15(25)6-8-21(14,2)20(16)18(26)11-22(17,23)3/h10,16-18,20,26,28H,4-9,11-12H2,1-3H3/t16-,17-,18+,20-,21+,22-,23-/m0/s1. The van der Waals surface area contributed by atoms with Crippen molar-refractivity contribution in [2.75, 3.05) is 6.61 Å². The third kappa shape index (κ3) is 2.86. The highest BCUT2D eigenvalue weighted by atomic mass is 16.5. The van der Waals surface area contributed by atoms with E-state index in [0.29, 0.717) is 19.3 Å². The van der Waals surface area contributed by atoms with E-state index in [1.807, 2.05) is 6.92 Å².